The summed E-state index contributed by atoms with van der Waals surface area (Å²) in [5, 5.41) is 10.9. The van der Waals surface area contributed by atoms with Crippen molar-refractivity contribution in [2.45, 2.75) is 25.7 Å². The van der Waals surface area contributed by atoms with Gasteiger partial charge in [0.15, 0.2) is 0 Å². The van der Waals surface area contributed by atoms with E-state index < -0.39 is 10.1 Å². The highest BCUT2D eigenvalue weighted by molar-refractivity contribution is 7.86. The zero-order chi connectivity index (χ0) is 13.7. The predicted octanol–water partition coefficient (Wildman–Crippen LogP) is 2.72. The fraction of sp³-hybridized carbons (Fsp3) is 0.231. The molecule has 96 valence electrons. The summed E-state index contributed by atoms with van der Waals surface area (Å²) >= 11 is 0. The van der Waals surface area contributed by atoms with Gasteiger partial charge in [-0.15, -0.1) is 0 Å². The van der Waals surface area contributed by atoms with Crippen LogP contribution in [0.15, 0.2) is 23.1 Å². The Morgan fingerprint density at radius 3 is 2.22 bits per heavy atom. The van der Waals surface area contributed by atoms with Gasteiger partial charge < -0.3 is 5.11 Å². The Balaban J connectivity index is 3.09. The largest absolute Gasteiger partial charge is 0.507 e. The zero-order valence-corrected chi connectivity index (χ0v) is 11.2. The van der Waals surface area contributed by atoms with Gasteiger partial charge in [-0.1, -0.05) is 6.07 Å². The summed E-state index contributed by atoms with van der Waals surface area (Å²) in [5.41, 5.74) is 2.24. The molecule has 0 bridgehead atoms. The van der Waals surface area contributed by atoms with Crippen LogP contribution in [0, 0.1) is 20.8 Å². The molecule has 0 heterocycles. The highest BCUT2D eigenvalue weighted by atomic mass is 32.2. The van der Waals surface area contributed by atoms with E-state index in [-0.39, 0.29) is 10.6 Å². The van der Waals surface area contributed by atoms with Gasteiger partial charge in [-0.3, -0.25) is 4.55 Å². The van der Waals surface area contributed by atoms with Crippen LogP contribution in [0.3, 0.4) is 0 Å². The van der Waals surface area contributed by atoms with Crippen molar-refractivity contribution in [3.05, 3.63) is 34.9 Å². The number of hydrogen-bond acceptors (Lipinski definition) is 3. The Morgan fingerprint density at radius 1 is 1.06 bits per heavy atom. The van der Waals surface area contributed by atoms with Crippen molar-refractivity contribution in [2.75, 3.05) is 0 Å². The molecule has 0 radical (unpaired) electrons. The number of aromatic hydroxyl groups is 1. The highest BCUT2D eigenvalue weighted by Crippen LogP contribution is 2.36. The Hall–Kier alpha value is -1.59. The van der Waals surface area contributed by atoms with Crippen LogP contribution in [0.2, 0.25) is 0 Å². The standard InChI is InChI=1S/C13H14O4S/c1-7-4-5-11(18(15,16)17)10-6-8(2)9(3)13(14)12(7)10/h4-6,14H,1-3H3,(H,15,16,17). The van der Waals surface area contributed by atoms with Gasteiger partial charge in [-0.2, -0.15) is 8.42 Å². The Labute approximate surface area is 106 Å². The van der Waals surface area contributed by atoms with Crippen LogP contribution >= 0.6 is 0 Å². The van der Waals surface area contributed by atoms with E-state index in [9.17, 15) is 18.1 Å². The van der Waals surface area contributed by atoms with E-state index in [1.807, 2.05) is 0 Å². The SMILES string of the molecule is Cc1cc2c(S(=O)(=O)O)ccc(C)c2c(O)c1C. The number of fused-ring (bicyclic) bond motifs is 1. The van der Waals surface area contributed by atoms with E-state index in [0.29, 0.717) is 16.3 Å². The second-order valence-electron chi connectivity index (χ2n) is 4.45. The van der Waals surface area contributed by atoms with E-state index in [0.717, 1.165) is 11.1 Å². The molecule has 18 heavy (non-hydrogen) atoms. The van der Waals surface area contributed by atoms with Crippen molar-refractivity contribution in [2.24, 2.45) is 0 Å². The van der Waals surface area contributed by atoms with Crippen LogP contribution in [0.4, 0.5) is 0 Å². The maximum Gasteiger partial charge on any atom is 0.295 e. The molecule has 4 nitrogen and oxygen atoms in total. The van der Waals surface area contributed by atoms with E-state index in [2.05, 4.69) is 0 Å². The van der Waals surface area contributed by atoms with Crippen molar-refractivity contribution >= 4 is 20.9 Å². The van der Waals surface area contributed by atoms with Crippen molar-refractivity contribution < 1.29 is 18.1 Å². The number of aryl methyl sites for hydroxylation is 2. The minimum absolute atomic E-state index is 0.0630. The van der Waals surface area contributed by atoms with Gasteiger partial charge in [-0.05, 0) is 49.6 Å². The molecular formula is C13H14O4S. The first-order valence-corrected chi connectivity index (χ1v) is 6.87. The number of rotatable bonds is 1. The van der Waals surface area contributed by atoms with Gasteiger partial charge >= 0.3 is 0 Å². The lowest BCUT2D eigenvalue weighted by Crippen LogP contribution is -2.00. The van der Waals surface area contributed by atoms with Gasteiger partial charge in [0.2, 0.25) is 0 Å². The molecule has 0 aliphatic carbocycles. The number of phenolic OH excluding ortho intramolecular Hbond substituents is 1. The number of benzene rings is 2. The van der Waals surface area contributed by atoms with Gasteiger partial charge in [-0.25, -0.2) is 0 Å². The van der Waals surface area contributed by atoms with Gasteiger partial charge in [0, 0.05) is 10.8 Å². The second-order valence-corrected chi connectivity index (χ2v) is 5.84. The van der Waals surface area contributed by atoms with Gasteiger partial charge in [0.05, 0.1) is 0 Å². The summed E-state index contributed by atoms with van der Waals surface area (Å²) in [6.45, 7) is 5.33. The average Bonchev–Trinajstić information content (AvgIpc) is 2.24. The topological polar surface area (TPSA) is 74.6 Å². The third kappa shape index (κ3) is 1.85. The van der Waals surface area contributed by atoms with Crippen molar-refractivity contribution in [1.29, 1.82) is 0 Å². The molecule has 0 unspecified atom stereocenters. The van der Waals surface area contributed by atoms with E-state index >= 15 is 0 Å². The molecular weight excluding hydrogens is 252 g/mol. The van der Waals surface area contributed by atoms with Crippen LogP contribution in [0.25, 0.3) is 10.8 Å². The molecule has 0 saturated heterocycles. The Morgan fingerprint density at radius 2 is 1.67 bits per heavy atom. The molecule has 2 N–H and O–H groups in total. The smallest absolute Gasteiger partial charge is 0.295 e. The first kappa shape index (κ1) is 12.9. The normalized spacial score (nSPS) is 12.0. The van der Waals surface area contributed by atoms with Crippen LogP contribution in [-0.2, 0) is 10.1 Å². The van der Waals surface area contributed by atoms with Crippen LogP contribution in [-0.4, -0.2) is 18.1 Å². The Bertz CT molecular complexity index is 745. The average molecular weight is 266 g/mol. The quantitative estimate of drug-likeness (QED) is 0.778. The molecule has 0 amide bonds. The maximum absolute atomic E-state index is 11.3. The fourth-order valence-corrected chi connectivity index (χ4v) is 2.77. The van der Waals surface area contributed by atoms with Crippen LogP contribution in [0.5, 0.6) is 5.75 Å². The summed E-state index contributed by atoms with van der Waals surface area (Å²) in [5.74, 6) is 0.0630. The molecule has 2 rings (SSSR count). The van der Waals surface area contributed by atoms with Gasteiger partial charge in [0.25, 0.3) is 10.1 Å². The van der Waals surface area contributed by atoms with Gasteiger partial charge in [0.1, 0.15) is 10.6 Å². The third-order valence-corrected chi connectivity index (χ3v) is 4.15. The molecule has 0 aliphatic heterocycles. The monoisotopic (exact) mass is 266 g/mol. The molecule has 0 aromatic heterocycles. The van der Waals surface area contributed by atoms with Crippen LogP contribution in [0.1, 0.15) is 16.7 Å². The van der Waals surface area contributed by atoms with E-state index in [4.69, 9.17) is 0 Å². The Kier molecular flexibility index (Phi) is 2.83. The summed E-state index contributed by atoms with van der Waals surface area (Å²) in [7, 11) is -4.30. The summed E-state index contributed by atoms with van der Waals surface area (Å²) in [6.07, 6.45) is 0. The molecule has 0 saturated carbocycles. The molecule has 0 aliphatic rings. The summed E-state index contributed by atoms with van der Waals surface area (Å²) in [6, 6.07) is 4.58. The second kappa shape index (κ2) is 3.96. The highest BCUT2D eigenvalue weighted by Gasteiger charge is 2.18. The lowest BCUT2D eigenvalue weighted by atomic mass is 9.98. The number of hydrogen-bond donors (Lipinski definition) is 2. The van der Waals surface area contributed by atoms with E-state index in [1.54, 1.807) is 32.9 Å². The van der Waals surface area contributed by atoms with Crippen molar-refractivity contribution in [3.8, 4) is 5.75 Å². The third-order valence-electron chi connectivity index (χ3n) is 3.24. The predicted molar refractivity (Wildman–Crippen MR) is 69.6 cm³/mol. The summed E-state index contributed by atoms with van der Waals surface area (Å²) < 4.78 is 31.9. The lowest BCUT2D eigenvalue weighted by molar-refractivity contribution is 0.476. The zero-order valence-electron chi connectivity index (χ0n) is 10.4. The molecule has 2 aromatic rings. The minimum atomic E-state index is -4.30. The van der Waals surface area contributed by atoms with Crippen molar-refractivity contribution in [1.82, 2.24) is 0 Å². The summed E-state index contributed by atoms with van der Waals surface area (Å²) in [4.78, 5) is -0.179. The van der Waals surface area contributed by atoms with Crippen LogP contribution < -0.4 is 0 Å². The maximum atomic E-state index is 11.3. The first-order chi connectivity index (χ1) is 8.23. The van der Waals surface area contributed by atoms with Crippen molar-refractivity contribution in [3.63, 3.8) is 0 Å². The fourth-order valence-electron chi connectivity index (χ4n) is 2.09. The molecule has 5 heteroatoms. The van der Waals surface area contributed by atoms with E-state index in [1.165, 1.54) is 6.07 Å². The first-order valence-electron chi connectivity index (χ1n) is 5.43. The molecule has 0 atom stereocenters. The number of phenols is 1. The molecule has 0 fully saturated rings. The lowest BCUT2D eigenvalue weighted by Gasteiger charge is -2.12. The molecule has 2 aromatic carbocycles. The minimum Gasteiger partial charge on any atom is -0.507 e. The molecule has 0 spiro atoms.